The Labute approximate surface area is 132 Å². The van der Waals surface area contributed by atoms with E-state index in [-0.39, 0.29) is 23.4 Å². The summed E-state index contributed by atoms with van der Waals surface area (Å²) in [7, 11) is 0. The van der Waals surface area contributed by atoms with Gasteiger partial charge in [0.2, 0.25) is 5.91 Å². The third-order valence-corrected chi connectivity index (χ3v) is 5.04. The zero-order chi connectivity index (χ0) is 16.2. The molecule has 1 heterocycles. The number of carbonyl (C=O) groups is 1. The minimum absolute atomic E-state index is 0.0223. The predicted molar refractivity (Wildman–Crippen MR) is 84.7 cm³/mol. The summed E-state index contributed by atoms with van der Waals surface area (Å²) in [5.41, 5.74) is 1.06. The summed E-state index contributed by atoms with van der Waals surface area (Å²) < 4.78 is 15.7. The average molecular weight is 312 g/mol. The number of pyridine rings is 1. The smallest absolute Gasteiger partial charge is 0.253 e. The first-order valence-corrected chi connectivity index (χ1v) is 7.76. The molecule has 2 saturated carbocycles. The molecule has 0 bridgehead atoms. The van der Waals surface area contributed by atoms with Gasteiger partial charge in [0.05, 0.1) is 12.0 Å². The van der Waals surface area contributed by atoms with Crippen molar-refractivity contribution in [1.29, 1.82) is 0 Å². The number of nitrogens with one attached hydrogen (secondary N) is 1. The fraction of sp³-hybridized carbons (Fsp3) is 0.333. The molecule has 0 saturated heterocycles. The van der Waals surface area contributed by atoms with Crippen molar-refractivity contribution >= 4 is 11.6 Å². The van der Waals surface area contributed by atoms with E-state index in [4.69, 9.17) is 0 Å². The summed E-state index contributed by atoms with van der Waals surface area (Å²) >= 11 is 0. The van der Waals surface area contributed by atoms with E-state index < -0.39 is 5.82 Å². The standard InChI is InChI=1S/C18H17FN2O2/c1-11-4-3-7-21(16(11)22)10-13-14(19)5-2-6-15(13)20-17(23)18-8-12(18)9-18/h2-7,12H,8-10H2,1H3,(H,20,23). The van der Waals surface area contributed by atoms with Gasteiger partial charge in [0.15, 0.2) is 0 Å². The molecule has 0 radical (unpaired) electrons. The van der Waals surface area contributed by atoms with Gasteiger partial charge in [-0.1, -0.05) is 12.1 Å². The summed E-state index contributed by atoms with van der Waals surface area (Å²) in [6, 6.07) is 8.09. The van der Waals surface area contributed by atoms with Crippen LogP contribution in [0.1, 0.15) is 24.0 Å². The molecular formula is C18H17FN2O2. The molecule has 1 aromatic heterocycles. The van der Waals surface area contributed by atoms with Crippen LogP contribution in [-0.4, -0.2) is 10.5 Å². The van der Waals surface area contributed by atoms with Crippen molar-refractivity contribution in [3.63, 3.8) is 0 Å². The lowest BCUT2D eigenvalue weighted by Crippen LogP contribution is -2.24. The molecule has 0 spiro atoms. The Balaban J connectivity index is 1.65. The first kappa shape index (κ1) is 14.2. The molecule has 2 aliphatic rings. The third kappa shape index (κ3) is 2.27. The summed E-state index contributed by atoms with van der Waals surface area (Å²) in [6.45, 7) is 1.82. The van der Waals surface area contributed by atoms with Crippen LogP contribution in [0, 0.1) is 24.1 Å². The Hall–Kier alpha value is -2.43. The fourth-order valence-electron chi connectivity index (χ4n) is 3.11. The molecule has 0 unspecified atom stereocenters. The Morgan fingerprint density at radius 2 is 2.09 bits per heavy atom. The number of nitrogens with zero attached hydrogens (tertiary/aromatic N) is 1. The van der Waals surface area contributed by atoms with Gasteiger partial charge in [-0.2, -0.15) is 0 Å². The summed E-state index contributed by atoms with van der Waals surface area (Å²) in [5.74, 6) is 0.0849. The monoisotopic (exact) mass is 312 g/mol. The summed E-state index contributed by atoms with van der Waals surface area (Å²) in [4.78, 5) is 24.4. The van der Waals surface area contributed by atoms with Crippen molar-refractivity contribution in [2.75, 3.05) is 5.32 Å². The van der Waals surface area contributed by atoms with Crippen molar-refractivity contribution in [2.45, 2.75) is 26.3 Å². The second-order valence-corrected chi connectivity index (χ2v) is 6.61. The molecule has 1 N–H and O–H groups in total. The molecule has 4 nitrogen and oxygen atoms in total. The molecule has 0 aliphatic heterocycles. The highest BCUT2D eigenvalue weighted by molar-refractivity contribution is 6.00. The molecule has 118 valence electrons. The highest BCUT2D eigenvalue weighted by atomic mass is 19.1. The summed E-state index contributed by atoms with van der Waals surface area (Å²) in [6.07, 6.45) is 3.52. The van der Waals surface area contributed by atoms with Crippen LogP contribution >= 0.6 is 0 Å². The number of aromatic nitrogens is 1. The van der Waals surface area contributed by atoms with Gasteiger partial charge in [0.25, 0.3) is 5.56 Å². The minimum atomic E-state index is -0.420. The van der Waals surface area contributed by atoms with Crippen LogP contribution in [0.25, 0.3) is 0 Å². The number of carbonyl (C=O) groups excluding carboxylic acids is 1. The SMILES string of the molecule is Cc1cccn(Cc2c(F)cccc2NC(=O)C23CC2C3)c1=O. The second kappa shape index (κ2) is 4.78. The zero-order valence-electron chi connectivity index (χ0n) is 12.8. The number of fused-ring (bicyclic) bond motifs is 1. The second-order valence-electron chi connectivity index (χ2n) is 6.61. The van der Waals surface area contributed by atoms with E-state index in [1.54, 1.807) is 37.4 Å². The lowest BCUT2D eigenvalue weighted by atomic mass is 10.1. The lowest BCUT2D eigenvalue weighted by Gasteiger charge is -2.14. The number of halogens is 1. The zero-order valence-corrected chi connectivity index (χ0v) is 12.8. The molecular weight excluding hydrogens is 295 g/mol. The van der Waals surface area contributed by atoms with Crippen LogP contribution in [0.3, 0.4) is 0 Å². The van der Waals surface area contributed by atoms with Crippen LogP contribution in [0.15, 0.2) is 41.3 Å². The quantitative estimate of drug-likeness (QED) is 0.943. The first-order chi connectivity index (χ1) is 11.0. The van der Waals surface area contributed by atoms with Gasteiger partial charge in [-0.3, -0.25) is 9.59 Å². The van der Waals surface area contributed by atoms with Crippen LogP contribution in [0.2, 0.25) is 0 Å². The fourth-order valence-corrected chi connectivity index (χ4v) is 3.11. The van der Waals surface area contributed by atoms with Gasteiger partial charge >= 0.3 is 0 Å². The van der Waals surface area contributed by atoms with E-state index in [9.17, 15) is 14.0 Å². The van der Waals surface area contributed by atoms with E-state index in [0.29, 0.717) is 22.7 Å². The van der Waals surface area contributed by atoms with Crippen LogP contribution in [-0.2, 0) is 11.3 Å². The average Bonchev–Trinajstić information content (AvgIpc) is 3.36. The maximum atomic E-state index is 14.3. The van der Waals surface area contributed by atoms with Gasteiger partial charge in [-0.05, 0) is 43.9 Å². The van der Waals surface area contributed by atoms with Crippen molar-refractivity contribution in [1.82, 2.24) is 4.57 Å². The molecule has 0 atom stereocenters. The molecule has 2 aromatic rings. The van der Waals surface area contributed by atoms with E-state index in [1.165, 1.54) is 10.6 Å². The number of amides is 1. The number of aryl methyl sites for hydroxylation is 1. The summed E-state index contributed by atoms with van der Waals surface area (Å²) in [5, 5.41) is 2.86. The Kier molecular flexibility index (Phi) is 2.95. The van der Waals surface area contributed by atoms with Crippen molar-refractivity contribution in [2.24, 2.45) is 11.3 Å². The molecule has 1 aromatic carbocycles. The van der Waals surface area contributed by atoms with Gasteiger partial charge in [0, 0.05) is 23.0 Å². The van der Waals surface area contributed by atoms with Crippen LogP contribution in [0.5, 0.6) is 0 Å². The van der Waals surface area contributed by atoms with Gasteiger partial charge in [-0.25, -0.2) is 4.39 Å². The Morgan fingerprint density at radius 1 is 1.35 bits per heavy atom. The highest BCUT2D eigenvalue weighted by Crippen LogP contribution is 2.75. The Bertz CT molecular complexity index is 866. The molecule has 5 heteroatoms. The van der Waals surface area contributed by atoms with Crippen LogP contribution < -0.4 is 10.9 Å². The van der Waals surface area contributed by atoms with E-state index in [1.807, 2.05) is 0 Å². The molecule has 2 fully saturated rings. The number of hydrogen-bond acceptors (Lipinski definition) is 2. The van der Waals surface area contributed by atoms with Crippen molar-refractivity contribution in [3.05, 3.63) is 63.8 Å². The van der Waals surface area contributed by atoms with Crippen LogP contribution in [0.4, 0.5) is 10.1 Å². The number of benzene rings is 1. The largest absolute Gasteiger partial charge is 0.325 e. The number of rotatable bonds is 4. The van der Waals surface area contributed by atoms with Gasteiger partial charge in [-0.15, -0.1) is 0 Å². The van der Waals surface area contributed by atoms with Gasteiger partial charge < -0.3 is 9.88 Å². The molecule has 2 aliphatic carbocycles. The van der Waals surface area contributed by atoms with E-state index >= 15 is 0 Å². The van der Waals surface area contributed by atoms with Crippen molar-refractivity contribution in [3.8, 4) is 0 Å². The number of anilines is 1. The first-order valence-electron chi connectivity index (χ1n) is 7.76. The predicted octanol–water partition coefficient (Wildman–Crippen LogP) is 2.69. The Morgan fingerprint density at radius 3 is 2.78 bits per heavy atom. The van der Waals surface area contributed by atoms with Crippen molar-refractivity contribution < 1.29 is 9.18 Å². The number of hydrogen-bond donors (Lipinski definition) is 1. The maximum absolute atomic E-state index is 14.3. The van der Waals surface area contributed by atoms with Gasteiger partial charge in [0.1, 0.15) is 5.82 Å². The third-order valence-electron chi connectivity index (χ3n) is 5.04. The lowest BCUT2D eigenvalue weighted by molar-refractivity contribution is -0.119. The molecule has 1 amide bonds. The topological polar surface area (TPSA) is 51.1 Å². The van der Waals surface area contributed by atoms with E-state index in [2.05, 4.69) is 5.32 Å². The minimum Gasteiger partial charge on any atom is -0.325 e. The highest BCUT2D eigenvalue weighted by Gasteiger charge is 2.74. The molecule has 23 heavy (non-hydrogen) atoms. The van der Waals surface area contributed by atoms with E-state index in [0.717, 1.165) is 12.8 Å². The molecule has 4 rings (SSSR count). The maximum Gasteiger partial charge on any atom is 0.253 e. The normalized spacial score (nSPS) is 24.0.